The molecule has 2 heterocycles. The summed E-state index contributed by atoms with van der Waals surface area (Å²) in [5.74, 6) is -0.752. The molecule has 1 fully saturated rings. The van der Waals surface area contributed by atoms with Gasteiger partial charge in [0.2, 0.25) is 5.91 Å². The van der Waals surface area contributed by atoms with E-state index in [-0.39, 0.29) is 17.6 Å². The maximum atomic E-state index is 12.4. The summed E-state index contributed by atoms with van der Waals surface area (Å²) in [7, 11) is 0. The van der Waals surface area contributed by atoms with Gasteiger partial charge in [-0.15, -0.1) is 0 Å². The van der Waals surface area contributed by atoms with Crippen LogP contribution in [0.4, 0.5) is 0 Å². The van der Waals surface area contributed by atoms with Gasteiger partial charge in [0.15, 0.2) is 5.69 Å². The molecule has 1 saturated heterocycles. The van der Waals surface area contributed by atoms with Crippen LogP contribution in [0.3, 0.4) is 0 Å². The molecule has 1 aliphatic heterocycles. The number of nitrogens with zero attached hydrogens (tertiary/aromatic N) is 4. The average molecular weight is 348 g/mol. The summed E-state index contributed by atoms with van der Waals surface area (Å²) in [6.45, 7) is 7.77. The summed E-state index contributed by atoms with van der Waals surface area (Å²) in [6, 6.07) is 0.234. The molecule has 1 N–H and O–H groups in total. The van der Waals surface area contributed by atoms with E-state index < -0.39 is 5.97 Å². The first-order chi connectivity index (χ1) is 12.0. The summed E-state index contributed by atoms with van der Waals surface area (Å²) >= 11 is 0. The van der Waals surface area contributed by atoms with Crippen molar-refractivity contribution in [2.75, 3.05) is 26.2 Å². The molecule has 0 aromatic carbocycles. The van der Waals surface area contributed by atoms with E-state index in [2.05, 4.69) is 16.9 Å². The number of aromatic nitrogens is 2. The second kappa shape index (κ2) is 7.56. The van der Waals surface area contributed by atoms with Crippen LogP contribution < -0.4 is 0 Å². The van der Waals surface area contributed by atoms with Gasteiger partial charge in [-0.1, -0.05) is 13.3 Å². The fraction of sp³-hybridized carbons (Fsp3) is 0.722. The lowest BCUT2D eigenvalue weighted by Gasteiger charge is -2.40. The third kappa shape index (κ3) is 3.56. The topological polar surface area (TPSA) is 78.7 Å². The number of amides is 1. The van der Waals surface area contributed by atoms with Gasteiger partial charge in [-0.3, -0.25) is 14.4 Å². The van der Waals surface area contributed by atoms with Gasteiger partial charge in [0.05, 0.1) is 6.54 Å². The summed E-state index contributed by atoms with van der Waals surface area (Å²) in [6.07, 6.45) is 4.62. The number of rotatable bonds is 6. The maximum Gasteiger partial charge on any atom is 0.356 e. The van der Waals surface area contributed by atoms with Crippen LogP contribution in [-0.4, -0.2) is 68.8 Å². The molecule has 0 bridgehead atoms. The molecular weight excluding hydrogens is 320 g/mol. The smallest absolute Gasteiger partial charge is 0.356 e. The van der Waals surface area contributed by atoms with Gasteiger partial charge in [-0.25, -0.2) is 4.79 Å². The molecule has 1 aromatic rings. The normalized spacial score (nSPS) is 21.4. The zero-order valence-corrected chi connectivity index (χ0v) is 15.2. The minimum atomic E-state index is -0.954. The molecule has 3 rings (SSSR count). The Morgan fingerprint density at radius 1 is 1.32 bits per heavy atom. The molecule has 1 unspecified atom stereocenters. The van der Waals surface area contributed by atoms with Crippen LogP contribution in [0.1, 0.15) is 54.9 Å². The van der Waals surface area contributed by atoms with Crippen molar-refractivity contribution in [3.05, 3.63) is 17.0 Å². The van der Waals surface area contributed by atoms with Crippen LogP contribution in [-0.2, 0) is 24.2 Å². The predicted octanol–water partition coefficient (Wildman–Crippen LogP) is 1.40. The molecule has 7 nitrogen and oxygen atoms in total. The third-order valence-corrected chi connectivity index (χ3v) is 5.47. The molecule has 1 aliphatic carbocycles. The fourth-order valence-electron chi connectivity index (χ4n) is 4.04. The Hall–Kier alpha value is -1.89. The molecule has 7 heteroatoms. The lowest BCUT2D eigenvalue weighted by molar-refractivity contribution is -0.137. The van der Waals surface area contributed by atoms with E-state index in [4.69, 9.17) is 0 Å². The molecule has 1 atom stereocenters. The first kappa shape index (κ1) is 17.9. The summed E-state index contributed by atoms with van der Waals surface area (Å²) in [5.41, 5.74) is 2.12. The van der Waals surface area contributed by atoms with Gasteiger partial charge >= 0.3 is 5.97 Å². The van der Waals surface area contributed by atoms with Crippen molar-refractivity contribution in [3.63, 3.8) is 0 Å². The zero-order valence-electron chi connectivity index (χ0n) is 15.2. The number of fused-ring (bicyclic) bond motifs is 1. The first-order valence-electron chi connectivity index (χ1n) is 9.38. The Labute approximate surface area is 148 Å². The molecule has 138 valence electrons. The monoisotopic (exact) mass is 348 g/mol. The van der Waals surface area contributed by atoms with Crippen LogP contribution in [0.5, 0.6) is 0 Å². The molecular formula is C18H28N4O3. The quantitative estimate of drug-likeness (QED) is 0.841. The van der Waals surface area contributed by atoms with Crippen LogP contribution >= 0.6 is 0 Å². The lowest BCUT2D eigenvalue weighted by Crippen LogP contribution is -2.54. The van der Waals surface area contributed by atoms with Crippen LogP contribution in [0.15, 0.2) is 0 Å². The van der Waals surface area contributed by atoms with Crippen LogP contribution in [0.25, 0.3) is 0 Å². The minimum Gasteiger partial charge on any atom is -0.476 e. The number of aromatic carboxylic acids is 1. The number of carboxylic acid groups (broad SMARTS) is 1. The van der Waals surface area contributed by atoms with Gasteiger partial charge in [-0.2, -0.15) is 5.10 Å². The van der Waals surface area contributed by atoms with Crippen molar-refractivity contribution >= 4 is 11.9 Å². The second-order valence-electron chi connectivity index (χ2n) is 7.00. The van der Waals surface area contributed by atoms with E-state index >= 15 is 0 Å². The number of hydrogen-bond donors (Lipinski definition) is 1. The largest absolute Gasteiger partial charge is 0.476 e. The van der Waals surface area contributed by atoms with E-state index in [1.165, 1.54) is 0 Å². The highest BCUT2D eigenvalue weighted by Gasteiger charge is 2.34. The predicted molar refractivity (Wildman–Crippen MR) is 93.7 cm³/mol. The van der Waals surface area contributed by atoms with Crippen molar-refractivity contribution in [2.45, 2.75) is 58.5 Å². The summed E-state index contributed by atoms with van der Waals surface area (Å²) in [5, 5.41) is 13.7. The van der Waals surface area contributed by atoms with Gasteiger partial charge in [-0.05, 0) is 32.6 Å². The number of unbranched alkanes of at least 4 members (excludes halogenated alkanes) is 1. The average Bonchev–Trinajstić information content (AvgIpc) is 2.99. The maximum absolute atomic E-state index is 12.4. The summed E-state index contributed by atoms with van der Waals surface area (Å²) < 4.78 is 1.82. The molecule has 0 saturated carbocycles. The van der Waals surface area contributed by atoms with E-state index in [0.29, 0.717) is 19.5 Å². The van der Waals surface area contributed by atoms with Gasteiger partial charge < -0.3 is 10.0 Å². The van der Waals surface area contributed by atoms with Crippen molar-refractivity contribution in [2.24, 2.45) is 0 Å². The highest BCUT2D eigenvalue weighted by Crippen LogP contribution is 2.28. The molecule has 0 radical (unpaired) electrons. The number of carbonyl (C=O) groups excluding carboxylic acids is 1. The number of hydrogen-bond acceptors (Lipinski definition) is 4. The van der Waals surface area contributed by atoms with E-state index in [0.717, 1.165) is 56.6 Å². The van der Waals surface area contributed by atoms with Crippen LogP contribution in [0, 0.1) is 0 Å². The molecule has 0 spiro atoms. The summed E-state index contributed by atoms with van der Waals surface area (Å²) in [4.78, 5) is 28.1. The molecule has 25 heavy (non-hydrogen) atoms. The van der Waals surface area contributed by atoms with Gasteiger partial charge in [0.1, 0.15) is 0 Å². The molecule has 2 aliphatic rings. The zero-order chi connectivity index (χ0) is 18.0. The Morgan fingerprint density at radius 3 is 2.76 bits per heavy atom. The number of carbonyl (C=O) groups is 2. The standard InChI is InChI=1S/C18H28N4O3/c1-3-5-8-20-9-10-21(12-16(20)23)13-6-7-15-14(11-13)17(18(24)25)19-22(15)4-2/h13H,3-12H2,1-2H3,(H,24,25). The highest BCUT2D eigenvalue weighted by molar-refractivity contribution is 5.87. The Morgan fingerprint density at radius 2 is 2.12 bits per heavy atom. The number of carboxylic acids is 1. The number of aryl methyl sites for hydroxylation is 1. The highest BCUT2D eigenvalue weighted by atomic mass is 16.4. The Kier molecular flexibility index (Phi) is 5.42. The molecule has 1 aromatic heterocycles. The van der Waals surface area contributed by atoms with Gasteiger partial charge in [0.25, 0.3) is 0 Å². The minimum absolute atomic E-state index is 0.189. The van der Waals surface area contributed by atoms with E-state index in [1.807, 2.05) is 16.5 Å². The van der Waals surface area contributed by atoms with Crippen LogP contribution in [0.2, 0.25) is 0 Å². The molecule has 1 amide bonds. The number of piperazine rings is 1. The Balaban J connectivity index is 1.70. The first-order valence-corrected chi connectivity index (χ1v) is 9.38. The van der Waals surface area contributed by atoms with E-state index in [9.17, 15) is 14.7 Å². The van der Waals surface area contributed by atoms with Gasteiger partial charge in [0, 0.05) is 43.5 Å². The Bertz CT molecular complexity index is 655. The fourth-order valence-corrected chi connectivity index (χ4v) is 4.04. The van der Waals surface area contributed by atoms with Crippen molar-refractivity contribution in [1.29, 1.82) is 0 Å². The van der Waals surface area contributed by atoms with E-state index in [1.54, 1.807) is 0 Å². The SMILES string of the molecule is CCCCN1CCN(C2CCc3c(c(C(=O)O)nn3CC)C2)CC1=O. The van der Waals surface area contributed by atoms with Crippen molar-refractivity contribution < 1.29 is 14.7 Å². The van der Waals surface area contributed by atoms with Crippen molar-refractivity contribution in [1.82, 2.24) is 19.6 Å². The lowest BCUT2D eigenvalue weighted by atomic mass is 9.90. The third-order valence-electron chi connectivity index (χ3n) is 5.47. The van der Waals surface area contributed by atoms with Crippen molar-refractivity contribution in [3.8, 4) is 0 Å². The second-order valence-corrected chi connectivity index (χ2v) is 7.00.